The molecule has 13 heavy (non-hydrogen) atoms. The maximum Gasteiger partial charge on any atom is 0.0412 e. The normalized spacial score (nSPS) is 13.1. The van der Waals surface area contributed by atoms with Crippen molar-refractivity contribution >= 4 is 11.3 Å². The van der Waals surface area contributed by atoms with Crippen LogP contribution in [0.15, 0.2) is 17.5 Å². The molecule has 0 saturated carbocycles. The van der Waals surface area contributed by atoms with Gasteiger partial charge in [-0.05, 0) is 24.9 Å². The molecule has 1 unspecified atom stereocenters. The van der Waals surface area contributed by atoms with Crippen molar-refractivity contribution in [3.63, 3.8) is 0 Å². The van der Waals surface area contributed by atoms with Gasteiger partial charge in [-0.3, -0.25) is 0 Å². The van der Waals surface area contributed by atoms with Crippen LogP contribution in [0.25, 0.3) is 0 Å². The van der Waals surface area contributed by atoms with Crippen molar-refractivity contribution in [2.24, 2.45) is 0 Å². The van der Waals surface area contributed by atoms with Gasteiger partial charge >= 0.3 is 0 Å². The predicted octanol–water partition coefficient (Wildman–Crippen LogP) is 3.59. The van der Waals surface area contributed by atoms with Crippen molar-refractivity contribution in [3.8, 4) is 0 Å². The van der Waals surface area contributed by atoms with Gasteiger partial charge in [0.2, 0.25) is 0 Å². The molecule has 0 spiro atoms. The number of unbranched alkanes of at least 4 members (excludes halogenated alkanes) is 2. The Morgan fingerprint density at radius 2 is 2.31 bits per heavy atom. The first-order valence-electron chi connectivity index (χ1n) is 5.09. The molecule has 1 aromatic rings. The van der Waals surface area contributed by atoms with Crippen LogP contribution in [0.1, 0.15) is 43.5 Å². The Labute approximate surface area is 85.2 Å². The van der Waals surface area contributed by atoms with E-state index in [-0.39, 0.29) is 0 Å². The molecule has 0 aliphatic rings. The zero-order valence-corrected chi connectivity index (χ0v) is 9.36. The summed E-state index contributed by atoms with van der Waals surface area (Å²) in [5.41, 5.74) is 0. The van der Waals surface area contributed by atoms with E-state index in [1.807, 2.05) is 11.3 Å². The SMILES string of the molecule is CCCCCC(NC)c1cccs1. The summed E-state index contributed by atoms with van der Waals surface area (Å²) >= 11 is 1.85. The zero-order chi connectivity index (χ0) is 9.52. The van der Waals surface area contributed by atoms with Gasteiger partial charge in [0.25, 0.3) is 0 Å². The third kappa shape index (κ3) is 3.49. The minimum Gasteiger partial charge on any atom is -0.312 e. The molecule has 0 bridgehead atoms. The molecule has 0 aliphatic carbocycles. The standard InChI is InChI=1S/C11H19NS/c1-3-4-5-7-10(12-2)11-8-6-9-13-11/h6,8-10,12H,3-5,7H2,1-2H3. The molecule has 0 saturated heterocycles. The van der Waals surface area contributed by atoms with Gasteiger partial charge in [0.15, 0.2) is 0 Å². The Hall–Kier alpha value is -0.340. The monoisotopic (exact) mass is 197 g/mol. The largest absolute Gasteiger partial charge is 0.312 e. The van der Waals surface area contributed by atoms with Crippen molar-refractivity contribution in [1.29, 1.82) is 0 Å². The number of hydrogen-bond acceptors (Lipinski definition) is 2. The molecule has 1 atom stereocenters. The minimum atomic E-state index is 0.576. The Balaban J connectivity index is 2.35. The van der Waals surface area contributed by atoms with E-state index >= 15 is 0 Å². The highest BCUT2D eigenvalue weighted by Gasteiger charge is 2.08. The summed E-state index contributed by atoms with van der Waals surface area (Å²) in [4.78, 5) is 1.47. The zero-order valence-electron chi connectivity index (χ0n) is 8.55. The van der Waals surface area contributed by atoms with E-state index < -0.39 is 0 Å². The average molecular weight is 197 g/mol. The van der Waals surface area contributed by atoms with Crippen LogP contribution >= 0.6 is 11.3 Å². The second-order valence-corrected chi connectivity index (χ2v) is 4.33. The van der Waals surface area contributed by atoms with Crippen LogP contribution in [0.3, 0.4) is 0 Å². The van der Waals surface area contributed by atoms with E-state index in [4.69, 9.17) is 0 Å². The van der Waals surface area contributed by atoms with Gasteiger partial charge in [0, 0.05) is 10.9 Å². The van der Waals surface area contributed by atoms with E-state index in [0.717, 1.165) is 0 Å². The highest BCUT2D eigenvalue weighted by molar-refractivity contribution is 7.10. The predicted molar refractivity (Wildman–Crippen MR) is 60.3 cm³/mol. The summed E-state index contributed by atoms with van der Waals surface area (Å²) in [7, 11) is 2.05. The number of nitrogens with one attached hydrogen (secondary N) is 1. The smallest absolute Gasteiger partial charge is 0.0412 e. The highest BCUT2D eigenvalue weighted by Crippen LogP contribution is 2.23. The van der Waals surface area contributed by atoms with E-state index in [1.165, 1.54) is 30.6 Å². The van der Waals surface area contributed by atoms with Crippen LogP contribution in [0.5, 0.6) is 0 Å². The molecule has 0 amide bonds. The summed E-state index contributed by atoms with van der Waals surface area (Å²) in [6.45, 7) is 2.25. The fraction of sp³-hybridized carbons (Fsp3) is 0.636. The lowest BCUT2D eigenvalue weighted by Crippen LogP contribution is -2.14. The first-order chi connectivity index (χ1) is 6.38. The van der Waals surface area contributed by atoms with Crippen LogP contribution < -0.4 is 5.32 Å². The third-order valence-electron chi connectivity index (χ3n) is 2.33. The molecule has 0 fully saturated rings. The number of hydrogen-bond donors (Lipinski definition) is 1. The lowest BCUT2D eigenvalue weighted by atomic mass is 10.1. The first-order valence-corrected chi connectivity index (χ1v) is 5.97. The van der Waals surface area contributed by atoms with Crippen LogP contribution in [-0.2, 0) is 0 Å². The van der Waals surface area contributed by atoms with E-state index in [0.29, 0.717) is 6.04 Å². The summed E-state index contributed by atoms with van der Waals surface area (Å²) in [6.07, 6.45) is 5.26. The Morgan fingerprint density at radius 3 is 2.85 bits per heavy atom. The van der Waals surface area contributed by atoms with E-state index in [1.54, 1.807) is 0 Å². The highest BCUT2D eigenvalue weighted by atomic mass is 32.1. The fourth-order valence-electron chi connectivity index (χ4n) is 1.52. The van der Waals surface area contributed by atoms with Crippen LogP contribution in [-0.4, -0.2) is 7.05 Å². The molecule has 1 heterocycles. The van der Waals surface area contributed by atoms with Crippen LogP contribution in [0, 0.1) is 0 Å². The molecule has 0 radical (unpaired) electrons. The summed E-state index contributed by atoms with van der Waals surface area (Å²) in [6, 6.07) is 4.92. The second kappa shape index (κ2) is 6.17. The van der Waals surface area contributed by atoms with E-state index in [9.17, 15) is 0 Å². The molecule has 1 rings (SSSR count). The Bertz CT molecular complexity index is 206. The number of rotatable bonds is 6. The average Bonchev–Trinajstić information content (AvgIpc) is 2.65. The second-order valence-electron chi connectivity index (χ2n) is 3.35. The lowest BCUT2D eigenvalue weighted by Gasteiger charge is -2.13. The maximum absolute atomic E-state index is 3.37. The molecular weight excluding hydrogens is 178 g/mol. The minimum absolute atomic E-state index is 0.576. The summed E-state index contributed by atoms with van der Waals surface area (Å²) in [5, 5.41) is 5.53. The van der Waals surface area contributed by atoms with Gasteiger partial charge in [-0.15, -0.1) is 11.3 Å². The Morgan fingerprint density at radius 1 is 1.46 bits per heavy atom. The molecule has 1 N–H and O–H groups in total. The molecule has 1 nitrogen and oxygen atoms in total. The molecule has 74 valence electrons. The van der Waals surface area contributed by atoms with Gasteiger partial charge in [0.1, 0.15) is 0 Å². The van der Waals surface area contributed by atoms with Crippen molar-refractivity contribution in [2.75, 3.05) is 7.05 Å². The number of thiophene rings is 1. The molecular formula is C11H19NS. The maximum atomic E-state index is 3.37. The van der Waals surface area contributed by atoms with Crippen molar-refractivity contribution in [3.05, 3.63) is 22.4 Å². The van der Waals surface area contributed by atoms with Crippen molar-refractivity contribution < 1.29 is 0 Å². The van der Waals surface area contributed by atoms with Gasteiger partial charge in [-0.25, -0.2) is 0 Å². The fourth-order valence-corrected chi connectivity index (χ4v) is 2.39. The van der Waals surface area contributed by atoms with Crippen molar-refractivity contribution in [2.45, 2.75) is 38.6 Å². The molecule has 2 heteroatoms. The topological polar surface area (TPSA) is 12.0 Å². The van der Waals surface area contributed by atoms with Crippen LogP contribution in [0.4, 0.5) is 0 Å². The lowest BCUT2D eigenvalue weighted by molar-refractivity contribution is 0.518. The van der Waals surface area contributed by atoms with Crippen LogP contribution in [0.2, 0.25) is 0 Å². The molecule has 1 aromatic heterocycles. The first kappa shape index (κ1) is 10.7. The summed E-state index contributed by atoms with van der Waals surface area (Å²) < 4.78 is 0. The van der Waals surface area contributed by atoms with E-state index in [2.05, 4.69) is 36.8 Å². The molecule has 0 aromatic carbocycles. The van der Waals surface area contributed by atoms with Gasteiger partial charge in [0.05, 0.1) is 0 Å². The summed E-state index contributed by atoms with van der Waals surface area (Å²) in [5.74, 6) is 0. The van der Waals surface area contributed by atoms with Gasteiger partial charge in [-0.2, -0.15) is 0 Å². The van der Waals surface area contributed by atoms with Crippen molar-refractivity contribution in [1.82, 2.24) is 5.32 Å². The van der Waals surface area contributed by atoms with Gasteiger partial charge in [-0.1, -0.05) is 32.3 Å². The quantitative estimate of drug-likeness (QED) is 0.687. The van der Waals surface area contributed by atoms with Gasteiger partial charge < -0.3 is 5.32 Å². The Kier molecular flexibility index (Phi) is 5.09. The third-order valence-corrected chi connectivity index (χ3v) is 3.32. The molecule has 0 aliphatic heterocycles.